The minimum atomic E-state index is -0.348. The van der Waals surface area contributed by atoms with Gasteiger partial charge in [-0.2, -0.15) is 5.10 Å². The fraction of sp³-hybridized carbons (Fsp3) is 0.130. The van der Waals surface area contributed by atoms with E-state index in [0.29, 0.717) is 18.1 Å². The molecular formula is C23H22N6O2. The van der Waals surface area contributed by atoms with Crippen molar-refractivity contribution in [3.63, 3.8) is 0 Å². The maximum atomic E-state index is 12.7. The van der Waals surface area contributed by atoms with Gasteiger partial charge in [-0.15, -0.1) is 0 Å². The molecule has 8 nitrogen and oxygen atoms in total. The van der Waals surface area contributed by atoms with Gasteiger partial charge in [-0.05, 0) is 23.3 Å². The summed E-state index contributed by atoms with van der Waals surface area (Å²) in [6.45, 7) is 0.658. The van der Waals surface area contributed by atoms with Crippen LogP contribution in [0.1, 0.15) is 21.6 Å². The summed E-state index contributed by atoms with van der Waals surface area (Å²) in [5, 5.41) is 9.89. The van der Waals surface area contributed by atoms with E-state index in [4.69, 9.17) is 0 Å². The predicted octanol–water partition coefficient (Wildman–Crippen LogP) is 3.10. The van der Waals surface area contributed by atoms with Crippen LogP contribution in [0.25, 0.3) is 0 Å². The average molecular weight is 414 g/mol. The van der Waals surface area contributed by atoms with Crippen LogP contribution in [0.15, 0.2) is 79.4 Å². The smallest absolute Gasteiger partial charge is 0.276 e. The molecule has 0 aliphatic heterocycles. The summed E-state index contributed by atoms with van der Waals surface area (Å²) in [4.78, 5) is 29.0. The Morgan fingerprint density at radius 2 is 1.77 bits per heavy atom. The number of carbonyl (C=O) groups is 2. The molecule has 0 aliphatic carbocycles. The maximum Gasteiger partial charge on any atom is 0.276 e. The monoisotopic (exact) mass is 414 g/mol. The number of rotatable bonds is 7. The molecule has 0 unspecified atom stereocenters. The van der Waals surface area contributed by atoms with Gasteiger partial charge in [0.05, 0.1) is 12.7 Å². The fourth-order valence-electron chi connectivity index (χ4n) is 3.20. The van der Waals surface area contributed by atoms with Crippen LogP contribution >= 0.6 is 0 Å². The lowest BCUT2D eigenvalue weighted by atomic mass is 10.1. The van der Waals surface area contributed by atoms with Gasteiger partial charge in [-0.25, -0.2) is 4.98 Å². The molecule has 2 heterocycles. The first-order valence-electron chi connectivity index (χ1n) is 9.81. The lowest BCUT2D eigenvalue weighted by Crippen LogP contribution is -2.16. The third-order valence-electron chi connectivity index (χ3n) is 4.70. The molecule has 0 spiro atoms. The van der Waals surface area contributed by atoms with Crippen LogP contribution in [-0.2, 0) is 24.8 Å². The van der Waals surface area contributed by atoms with Crippen LogP contribution in [0, 0.1) is 0 Å². The van der Waals surface area contributed by atoms with Crippen molar-refractivity contribution in [1.29, 1.82) is 0 Å². The Balaban J connectivity index is 1.40. The van der Waals surface area contributed by atoms with E-state index in [1.165, 1.54) is 4.68 Å². The molecular weight excluding hydrogens is 392 g/mol. The number of anilines is 2. The van der Waals surface area contributed by atoms with E-state index in [0.717, 1.165) is 11.1 Å². The number of benzene rings is 2. The average Bonchev–Trinajstić information content (AvgIpc) is 3.39. The zero-order chi connectivity index (χ0) is 21.6. The highest BCUT2D eigenvalue weighted by Gasteiger charge is 2.15. The van der Waals surface area contributed by atoms with Crippen LogP contribution < -0.4 is 10.6 Å². The number of amides is 2. The van der Waals surface area contributed by atoms with E-state index in [2.05, 4.69) is 20.7 Å². The van der Waals surface area contributed by atoms with E-state index in [9.17, 15) is 9.59 Å². The summed E-state index contributed by atoms with van der Waals surface area (Å²) in [6.07, 6.45) is 5.60. The Morgan fingerprint density at radius 1 is 0.968 bits per heavy atom. The largest absolute Gasteiger partial charge is 0.333 e. The molecule has 0 aliphatic rings. The molecule has 4 aromatic rings. The van der Waals surface area contributed by atoms with Crippen molar-refractivity contribution in [1.82, 2.24) is 19.3 Å². The van der Waals surface area contributed by atoms with Gasteiger partial charge >= 0.3 is 0 Å². The third-order valence-corrected chi connectivity index (χ3v) is 4.70. The number of imidazole rings is 1. The number of hydrogen-bond acceptors (Lipinski definition) is 4. The first-order chi connectivity index (χ1) is 15.1. The first-order valence-corrected chi connectivity index (χ1v) is 9.81. The van der Waals surface area contributed by atoms with Gasteiger partial charge in [0.2, 0.25) is 5.91 Å². The molecule has 0 bridgehead atoms. The second-order valence-corrected chi connectivity index (χ2v) is 7.14. The van der Waals surface area contributed by atoms with E-state index < -0.39 is 0 Å². The van der Waals surface area contributed by atoms with E-state index >= 15 is 0 Å². The lowest BCUT2D eigenvalue weighted by molar-refractivity contribution is -0.115. The molecule has 2 aromatic heterocycles. The molecule has 0 saturated heterocycles. The lowest BCUT2D eigenvalue weighted by Gasteiger charge is -2.07. The van der Waals surface area contributed by atoms with Gasteiger partial charge in [-0.3, -0.25) is 14.3 Å². The van der Waals surface area contributed by atoms with E-state index in [-0.39, 0.29) is 23.9 Å². The Hall–Kier alpha value is -4.20. The molecule has 2 N–H and O–H groups in total. The van der Waals surface area contributed by atoms with Crippen molar-refractivity contribution in [3.8, 4) is 0 Å². The number of carbonyl (C=O) groups excluding carboxylic acids is 2. The molecule has 8 heteroatoms. The standard InChI is InChI=1S/C23H22N6O2/c1-28-21(26-22(30)13-17-6-3-2-4-7-17)14-20(27-28)23(31)25-19-9-5-8-18(12-19)15-29-11-10-24-16-29/h2-12,14,16H,13,15H2,1H3,(H,25,31)(H,26,30). The summed E-state index contributed by atoms with van der Waals surface area (Å²) in [5.41, 5.74) is 2.84. The summed E-state index contributed by atoms with van der Waals surface area (Å²) >= 11 is 0. The summed E-state index contributed by atoms with van der Waals surface area (Å²) in [7, 11) is 1.68. The Kier molecular flexibility index (Phi) is 5.89. The van der Waals surface area contributed by atoms with Crippen LogP contribution in [-0.4, -0.2) is 31.1 Å². The predicted molar refractivity (Wildman–Crippen MR) is 118 cm³/mol. The van der Waals surface area contributed by atoms with E-state index in [1.807, 2.05) is 65.4 Å². The van der Waals surface area contributed by atoms with Crippen molar-refractivity contribution in [2.75, 3.05) is 10.6 Å². The molecule has 2 amide bonds. The van der Waals surface area contributed by atoms with E-state index in [1.54, 1.807) is 25.6 Å². The van der Waals surface area contributed by atoms with Gasteiger partial charge in [0.15, 0.2) is 5.69 Å². The number of nitrogens with zero attached hydrogens (tertiary/aromatic N) is 4. The number of hydrogen-bond donors (Lipinski definition) is 2. The zero-order valence-corrected chi connectivity index (χ0v) is 17.0. The minimum Gasteiger partial charge on any atom is -0.333 e. The first kappa shape index (κ1) is 20.1. The van der Waals surface area contributed by atoms with Gasteiger partial charge in [0, 0.05) is 37.7 Å². The topological polar surface area (TPSA) is 93.8 Å². The molecule has 0 fully saturated rings. The number of aromatic nitrogens is 4. The Morgan fingerprint density at radius 3 is 2.55 bits per heavy atom. The summed E-state index contributed by atoms with van der Waals surface area (Å²) in [5.74, 6) is -0.0627. The van der Waals surface area contributed by atoms with Crippen molar-refractivity contribution in [3.05, 3.63) is 96.2 Å². The minimum absolute atomic E-state index is 0.173. The quantitative estimate of drug-likeness (QED) is 0.486. The fourth-order valence-corrected chi connectivity index (χ4v) is 3.20. The maximum absolute atomic E-state index is 12.7. The summed E-state index contributed by atoms with van der Waals surface area (Å²) < 4.78 is 3.43. The van der Waals surface area contributed by atoms with Gasteiger partial charge in [0.25, 0.3) is 5.91 Å². The third kappa shape index (κ3) is 5.24. The molecule has 156 valence electrons. The van der Waals surface area contributed by atoms with Crippen molar-refractivity contribution >= 4 is 23.3 Å². The molecule has 0 radical (unpaired) electrons. The van der Waals surface area contributed by atoms with Crippen LogP contribution in [0.5, 0.6) is 0 Å². The van der Waals surface area contributed by atoms with Crippen LogP contribution in [0.3, 0.4) is 0 Å². The van der Waals surface area contributed by atoms with Gasteiger partial charge in [-0.1, -0.05) is 42.5 Å². The molecule has 31 heavy (non-hydrogen) atoms. The Bertz CT molecular complexity index is 1180. The second kappa shape index (κ2) is 9.08. The molecule has 0 saturated carbocycles. The van der Waals surface area contributed by atoms with Crippen molar-refractivity contribution in [2.24, 2.45) is 7.05 Å². The highest BCUT2D eigenvalue weighted by atomic mass is 16.2. The van der Waals surface area contributed by atoms with Gasteiger partial charge in [0.1, 0.15) is 5.82 Å². The second-order valence-electron chi connectivity index (χ2n) is 7.14. The normalized spacial score (nSPS) is 10.6. The van der Waals surface area contributed by atoms with Crippen LogP contribution in [0.4, 0.5) is 11.5 Å². The highest BCUT2D eigenvalue weighted by molar-refractivity contribution is 6.04. The Labute approximate surface area is 179 Å². The summed E-state index contributed by atoms with van der Waals surface area (Å²) in [6, 6.07) is 18.6. The number of nitrogens with one attached hydrogen (secondary N) is 2. The number of aryl methyl sites for hydroxylation is 1. The van der Waals surface area contributed by atoms with Crippen molar-refractivity contribution < 1.29 is 9.59 Å². The SMILES string of the molecule is Cn1nc(C(=O)Nc2cccc(Cn3ccnc3)c2)cc1NC(=O)Cc1ccccc1. The highest BCUT2D eigenvalue weighted by Crippen LogP contribution is 2.15. The molecule has 4 rings (SSSR count). The molecule has 0 atom stereocenters. The molecule has 2 aromatic carbocycles. The van der Waals surface area contributed by atoms with Crippen molar-refractivity contribution in [2.45, 2.75) is 13.0 Å². The van der Waals surface area contributed by atoms with Crippen LogP contribution in [0.2, 0.25) is 0 Å². The van der Waals surface area contributed by atoms with Gasteiger partial charge < -0.3 is 15.2 Å². The zero-order valence-electron chi connectivity index (χ0n) is 17.0.